The lowest BCUT2D eigenvalue weighted by Gasteiger charge is -2.38. The fraction of sp³-hybridized carbons (Fsp3) is 0.867. The minimum Gasteiger partial charge on any atom is -0.383 e. The van der Waals surface area contributed by atoms with Crippen molar-refractivity contribution in [3.63, 3.8) is 0 Å². The van der Waals surface area contributed by atoms with Crippen molar-refractivity contribution in [1.82, 2.24) is 9.80 Å². The number of carbonyl (C=O) groups is 2. The zero-order chi connectivity index (χ0) is 14.7. The summed E-state index contributed by atoms with van der Waals surface area (Å²) >= 11 is 0. The minimum absolute atomic E-state index is 0.0576. The van der Waals surface area contributed by atoms with Crippen molar-refractivity contribution in [3.05, 3.63) is 0 Å². The first kappa shape index (κ1) is 15.3. The van der Waals surface area contributed by atoms with Gasteiger partial charge < -0.3 is 14.5 Å². The maximum absolute atomic E-state index is 12.8. The van der Waals surface area contributed by atoms with E-state index in [1.165, 1.54) is 0 Å². The summed E-state index contributed by atoms with van der Waals surface area (Å²) in [6.45, 7) is 5.99. The van der Waals surface area contributed by atoms with E-state index in [0.717, 1.165) is 25.8 Å². The molecule has 2 atom stereocenters. The average Bonchev–Trinajstić information content (AvgIpc) is 2.56. The Morgan fingerprint density at radius 3 is 2.65 bits per heavy atom. The van der Waals surface area contributed by atoms with Gasteiger partial charge in [0.25, 0.3) is 0 Å². The Labute approximate surface area is 121 Å². The highest BCUT2D eigenvalue weighted by Crippen LogP contribution is 2.25. The molecule has 2 fully saturated rings. The third-order valence-electron chi connectivity index (χ3n) is 4.47. The Balaban J connectivity index is 2.21. The van der Waals surface area contributed by atoms with Gasteiger partial charge in [-0.1, -0.05) is 13.8 Å². The van der Waals surface area contributed by atoms with Crippen molar-refractivity contribution in [2.75, 3.05) is 26.8 Å². The highest BCUT2D eigenvalue weighted by atomic mass is 16.5. The van der Waals surface area contributed by atoms with E-state index in [4.69, 9.17) is 4.74 Å². The van der Waals surface area contributed by atoms with E-state index in [1.54, 1.807) is 12.0 Å². The molecule has 2 heterocycles. The summed E-state index contributed by atoms with van der Waals surface area (Å²) in [5.41, 5.74) is 0. The van der Waals surface area contributed by atoms with Crippen molar-refractivity contribution >= 4 is 11.8 Å². The highest BCUT2D eigenvalue weighted by molar-refractivity contribution is 5.90. The van der Waals surface area contributed by atoms with Gasteiger partial charge in [-0.3, -0.25) is 9.59 Å². The summed E-state index contributed by atoms with van der Waals surface area (Å²) in [5.74, 6) is 0.570. The predicted octanol–water partition coefficient (Wildman–Crippen LogP) is 1.27. The predicted molar refractivity (Wildman–Crippen MR) is 76.2 cm³/mol. The number of rotatable bonds is 4. The summed E-state index contributed by atoms with van der Waals surface area (Å²) in [5, 5.41) is 0. The summed E-state index contributed by atoms with van der Waals surface area (Å²) in [6, 6.07) is -0.181. The average molecular weight is 282 g/mol. The summed E-state index contributed by atoms with van der Waals surface area (Å²) in [7, 11) is 1.66. The molecule has 0 radical (unpaired) electrons. The van der Waals surface area contributed by atoms with E-state index in [1.807, 2.05) is 4.90 Å². The van der Waals surface area contributed by atoms with Crippen LogP contribution in [0.4, 0.5) is 0 Å². The second kappa shape index (κ2) is 6.57. The molecule has 2 rings (SSSR count). The highest BCUT2D eigenvalue weighted by Gasteiger charge is 2.40. The van der Waals surface area contributed by atoms with Crippen LogP contribution in [0.2, 0.25) is 0 Å². The molecule has 0 aliphatic carbocycles. The number of amides is 2. The van der Waals surface area contributed by atoms with Gasteiger partial charge in [0.1, 0.15) is 6.04 Å². The number of piperidine rings is 1. The Bertz CT molecular complexity index is 370. The van der Waals surface area contributed by atoms with Crippen molar-refractivity contribution in [1.29, 1.82) is 0 Å². The minimum atomic E-state index is -0.239. The van der Waals surface area contributed by atoms with Crippen LogP contribution in [0.5, 0.6) is 0 Å². The maximum Gasteiger partial charge on any atom is 0.245 e. The lowest BCUT2D eigenvalue weighted by atomic mass is 9.98. The molecule has 0 saturated carbocycles. The van der Waals surface area contributed by atoms with Crippen molar-refractivity contribution in [2.24, 2.45) is 5.92 Å². The van der Waals surface area contributed by atoms with Crippen LogP contribution in [0.3, 0.4) is 0 Å². The van der Waals surface area contributed by atoms with Gasteiger partial charge in [-0.05, 0) is 25.2 Å². The van der Waals surface area contributed by atoms with E-state index in [0.29, 0.717) is 25.5 Å². The molecule has 0 bridgehead atoms. The van der Waals surface area contributed by atoms with E-state index < -0.39 is 0 Å². The number of ether oxygens (including phenoxy) is 1. The lowest BCUT2D eigenvalue weighted by molar-refractivity contribution is -0.145. The van der Waals surface area contributed by atoms with Crippen LogP contribution in [0.15, 0.2) is 0 Å². The second-order valence-electron chi connectivity index (χ2n) is 6.15. The van der Waals surface area contributed by atoms with Gasteiger partial charge in [-0.15, -0.1) is 0 Å². The van der Waals surface area contributed by atoms with Crippen LogP contribution in [0.1, 0.15) is 39.5 Å². The normalized spacial score (nSPS) is 25.7. The molecule has 0 N–H and O–H groups in total. The van der Waals surface area contributed by atoms with E-state index in [2.05, 4.69) is 13.8 Å². The van der Waals surface area contributed by atoms with Crippen LogP contribution in [0.25, 0.3) is 0 Å². The molecule has 20 heavy (non-hydrogen) atoms. The number of carbonyl (C=O) groups excluding carboxylic acids is 2. The van der Waals surface area contributed by atoms with Gasteiger partial charge in [-0.25, -0.2) is 0 Å². The van der Waals surface area contributed by atoms with Gasteiger partial charge in [0.05, 0.1) is 12.6 Å². The van der Waals surface area contributed by atoms with Crippen LogP contribution in [-0.4, -0.2) is 60.5 Å². The largest absolute Gasteiger partial charge is 0.383 e. The molecule has 2 saturated heterocycles. The number of hydrogen-bond acceptors (Lipinski definition) is 3. The van der Waals surface area contributed by atoms with Gasteiger partial charge in [0.15, 0.2) is 0 Å². The molecule has 2 aliphatic rings. The van der Waals surface area contributed by atoms with E-state index in [9.17, 15) is 9.59 Å². The fourth-order valence-corrected chi connectivity index (χ4v) is 3.29. The van der Waals surface area contributed by atoms with E-state index in [-0.39, 0.29) is 23.9 Å². The Hall–Kier alpha value is -1.10. The Kier molecular flexibility index (Phi) is 5.02. The zero-order valence-corrected chi connectivity index (χ0v) is 12.8. The summed E-state index contributed by atoms with van der Waals surface area (Å²) in [4.78, 5) is 28.7. The van der Waals surface area contributed by atoms with Crippen LogP contribution >= 0.6 is 0 Å². The lowest BCUT2D eigenvalue weighted by Crippen LogP contribution is -2.53. The second-order valence-corrected chi connectivity index (χ2v) is 6.15. The molecule has 0 aromatic heterocycles. The Morgan fingerprint density at radius 1 is 1.25 bits per heavy atom. The molecule has 0 aromatic carbocycles. The van der Waals surface area contributed by atoms with Crippen molar-refractivity contribution in [2.45, 2.75) is 51.6 Å². The number of hydrogen-bond donors (Lipinski definition) is 0. The third kappa shape index (κ3) is 2.97. The topological polar surface area (TPSA) is 49.9 Å². The first-order valence-electron chi connectivity index (χ1n) is 7.65. The zero-order valence-electron chi connectivity index (χ0n) is 12.8. The van der Waals surface area contributed by atoms with Crippen molar-refractivity contribution < 1.29 is 14.3 Å². The maximum atomic E-state index is 12.8. The number of methoxy groups -OCH3 is 1. The van der Waals surface area contributed by atoms with Crippen LogP contribution < -0.4 is 0 Å². The SMILES string of the molecule is COCC(C(C)C)N1CCC(=O)N2CCCCC2C1=O. The van der Waals surface area contributed by atoms with Crippen LogP contribution in [-0.2, 0) is 14.3 Å². The molecule has 0 spiro atoms. The molecule has 5 nitrogen and oxygen atoms in total. The molecule has 2 amide bonds. The number of fused-ring (bicyclic) bond motifs is 1. The molecular formula is C15H26N2O3. The third-order valence-corrected chi connectivity index (χ3v) is 4.47. The molecule has 2 unspecified atom stereocenters. The molecule has 5 heteroatoms. The first-order valence-corrected chi connectivity index (χ1v) is 7.65. The molecule has 114 valence electrons. The first-order chi connectivity index (χ1) is 9.56. The monoisotopic (exact) mass is 282 g/mol. The Morgan fingerprint density at radius 2 is 2.00 bits per heavy atom. The molecule has 0 aromatic rings. The van der Waals surface area contributed by atoms with Crippen LogP contribution in [0, 0.1) is 5.92 Å². The summed E-state index contributed by atoms with van der Waals surface area (Å²) in [6.07, 6.45) is 3.29. The van der Waals surface area contributed by atoms with Gasteiger partial charge in [0.2, 0.25) is 11.8 Å². The summed E-state index contributed by atoms with van der Waals surface area (Å²) < 4.78 is 5.28. The fourth-order valence-electron chi connectivity index (χ4n) is 3.29. The van der Waals surface area contributed by atoms with E-state index >= 15 is 0 Å². The standard InChI is InChI=1S/C15H26N2O3/c1-11(2)13(10-20-3)17-9-7-14(18)16-8-5-4-6-12(16)15(17)19/h11-13H,4-10H2,1-3H3. The van der Waals surface area contributed by atoms with Gasteiger partial charge >= 0.3 is 0 Å². The van der Waals surface area contributed by atoms with Gasteiger partial charge in [-0.2, -0.15) is 0 Å². The van der Waals surface area contributed by atoms with Gasteiger partial charge in [0, 0.05) is 26.6 Å². The molecule has 2 aliphatic heterocycles. The quantitative estimate of drug-likeness (QED) is 0.780. The van der Waals surface area contributed by atoms with Crippen molar-refractivity contribution in [3.8, 4) is 0 Å². The smallest absolute Gasteiger partial charge is 0.245 e. The molecular weight excluding hydrogens is 256 g/mol. The number of nitrogens with zero attached hydrogens (tertiary/aromatic N) is 2.